The number of rotatable bonds is 6. The fraction of sp³-hybridized carbons (Fsp3) is 0.600. The molecule has 3 N–H and O–H groups in total. The quantitative estimate of drug-likeness (QED) is 0.723. The second-order valence-electron chi connectivity index (χ2n) is 7.40. The van der Waals surface area contributed by atoms with Crippen LogP contribution in [0.3, 0.4) is 0 Å². The lowest BCUT2D eigenvalue weighted by Gasteiger charge is -2.31. The molecule has 1 unspecified atom stereocenters. The molecule has 0 aliphatic heterocycles. The molecule has 5 heteroatoms. The molecule has 25 heavy (non-hydrogen) atoms. The van der Waals surface area contributed by atoms with E-state index in [0.29, 0.717) is 17.5 Å². The van der Waals surface area contributed by atoms with Crippen molar-refractivity contribution in [1.29, 1.82) is 0 Å². The van der Waals surface area contributed by atoms with Gasteiger partial charge in [-0.25, -0.2) is 0 Å². The van der Waals surface area contributed by atoms with E-state index in [1.54, 1.807) is 7.05 Å². The van der Waals surface area contributed by atoms with Gasteiger partial charge in [-0.3, -0.25) is 9.59 Å². The lowest BCUT2D eigenvalue weighted by molar-refractivity contribution is -0.908. The van der Waals surface area contributed by atoms with Gasteiger partial charge in [0.15, 0.2) is 6.04 Å². The number of benzene rings is 1. The van der Waals surface area contributed by atoms with Gasteiger partial charge in [0.25, 0.3) is 11.8 Å². The maximum atomic E-state index is 12.6. The van der Waals surface area contributed by atoms with E-state index in [1.165, 1.54) is 19.3 Å². The normalized spacial score (nSPS) is 22.7. The van der Waals surface area contributed by atoms with E-state index in [1.807, 2.05) is 38.2 Å². The average molecular weight is 346 g/mol. The minimum absolute atomic E-state index is 0.0819. The summed E-state index contributed by atoms with van der Waals surface area (Å²) in [6.07, 6.45) is 4.80. The molecule has 1 aliphatic rings. The number of hydrogen-bond donors (Lipinski definition) is 3. The first-order chi connectivity index (χ1) is 11.9. The van der Waals surface area contributed by atoms with Crippen LogP contribution >= 0.6 is 0 Å². The van der Waals surface area contributed by atoms with Gasteiger partial charge in [0.05, 0.1) is 7.05 Å². The molecule has 1 aromatic carbocycles. The summed E-state index contributed by atoms with van der Waals surface area (Å²) in [5, 5.41) is 5.87. The largest absolute Gasteiger partial charge is 0.355 e. The van der Waals surface area contributed by atoms with Crippen LogP contribution in [0.5, 0.6) is 0 Å². The highest BCUT2D eigenvalue weighted by atomic mass is 16.2. The molecule has 1 saturated carbocycles. The van der Waals surface area contributed by atoms with Crippen LogP contribution < -0.4 is 15.5 Å². The summed E-state index contributed by atoms with van der Waals surface area (Å²) in [5.74, 6) is 0.627. The summed E-state index contributed by atoms with van der Waals surface area (Å²) >= 11 is 0. The lowest BCUT2D eigenvalue weighted by Crippen LogP contribution is -3.12. The molecular formula is C20H32N3O2+. The summed E-state index contributed by atoms with van der Waals surface area (Å²) < 4.78 is 0. The van der Waals surface area contributed by atoms with Crippen LogP contribution in [0, 0.1) is 5.92 Å². The molecule has 0 spiro atoms. The Morgan fingerprint density at radius 1 is 1.20 bits per heavy atom. The summed E-state index contributed by atoms with van der Waals surface area (Å²) in [5.41, 5.74) is 1.77. The number of nitrogens with one attached hydrogen (secondary N) is 3. The van der Waals surface area contributed by atoms with Gasteiger partial charge >= 0.3 is 0 Å². The van der Waals surface area contributed by atoms with E-state index in [4.69, 9.17) is 0 Å². The van der Waals surface area contributed by atoms with Crippen molar-refractivity contribution in [2.75, 3.05) is 14.1 Å². The number of carbonyl (C=O) groups excluding carboxylic acids is 2. The number of quaternary nitrogens is 1. The van der Waals surface area contributed by atoms with Crippen LogP contribution in [0.4, 0.5) is 0 Å². The van der Waals surface area contributed by atoms with Crippen LogP contribution in [0.15, 0.2) is 24.3 Å². The van der Waals surface area contributed by atoms with Crippen molar-refractivity contribution in [3.05, 3.63) is 35.4 Å². The predicted octanol–water partition coefficient (Wildman–Crippen LogP) is 1.14. The van der Waals surface area contributed by atoms with Crippen LogP contribution in [-0.2, 0) is 11.3 Å². The highest BCUT2D eigenvalue weighted by Crippen LogP contribution is 2.23. The highest BCUT2D eigenvalue weighted by Gasteiger charge is 2.28. The van der Waals surface area contributed by atoms with Crippen LogP contribution in [0.1, 0.15) is 55.5 Å². The monoisotopic (exact) mass is 346 g/mol. The topological polar surface area (TPSA) is 62.6 Å². The van der Waals surface area contributed by atoms with Crippen molar-refractivity contribution >= 4 is 11.8 Å². The van der Waals surface area contributed by atoms with Crippen LogP contribution in [-0.4, -0.2) is 38.0 Å². The molecular weight excluding hydrogens is 314 g/mol. The first kappa shape index (κ1) is 19.4. The molecule has 1 fully saturated rings. The zero-order chi connectivity index (χ0) is 18.4. The number of hydrogen-bond acceptors (Lipinski definition) is 2. The van der Waals surface area contributed by atoms with Gasteiger partial charge in [-0.2, -0.15) is 0 Å². The summed E-state index contributed by atoms with van der Waals surface area (Å²) in [6, 6.07) is 7.80. The lowest BCUT2D eigenvalue weighted by atomic mass is 9.86. The molecule has 4 atom stereocenters. The van der Waals surface area contributed by atoms with E-state index >= 15 is 0 Å². The highest BCUT2D eigenvalue weighted by molar-refractivity contribution is 5.93. The molecule has 1 aliphatic carbocycles. The Labute approximate surface area is 151 Å². The zero-order valence-electron chi connectivity index (χ0n) is 15.9. The minimum atomic E-state index is -0.104. The van der Waals surface area contributed by atoms with Gasteiger partial charge in [-0.1, -0.05) is 31.9 Å². The Hall–Kier alpha value is -1.88. The Kier molecular flexibility index (Phi) is 7.00. The fourth-order valence-corrected chi connectivity index (χ4v) is 3.46. The van der Waals surface area contributed by atoms with E-state index in [0.717, 1.165) is 23.4 Å². The fourth-order valence-electron chi connectivity index (χ4n) is 3.46. The average Bonchev–Trinajstić information content (AvgIpc) is 2.62. The van der Waals surface area contributed by atoms with Gasteiger partial charge in [-0.15, -0.1) is 0 Å². The third-order valence-corrected chi connectivity index (χ3v) is 5.50. The molecule has 1 aromatic rings. The smallest absolute Gasteiger partial charge is 0.278 e. The van der Waals surface area contributed by atoms with Crippen molar-refractivity contribution in [3.8, 4) is 0 Å². The van der Waals surface area contributed by atoms with Gasteiger partial charge in [0.2, 0.25) is 0 Å². The van der Waals surface area contributed by atoms with Crippen molar-refractivity contribution in [2.24, 2.45) is 5.92 Å². The van der Waals surface area contributed by atoms with Gasteiger partial charge < -0.3 is 15.5 Å². The Morgan fingerprint density at radius 2 is 1.84 bits per heavy atom. The maximum absolute atomic E-state index is 12.6. The second kappa shape index (κ2) is 8.99. The Morgan fingerprint density at radius 3 is 2.44 bits per heavy atom. The van der Waals surface area contributed by atoms with Gasteiger partial charge in [-0.05, 0) is 37.8 Å². The van der Waals surface area contributed by atoms with Crippen LogP contribution in [0.25, 0.3) is 0 Å². The summed E-state index contributed by atoms with van der Waals surface area (Å²) in [4.78, 5) is 25.3. The third-order valence-electron chi connectivity index (χ3n) is 5.50. The predicted molar refractivity (Wildman–Crippen MR) is 99.4 cm³/mol. The third kappa shape index (κ3) is 5.30. The first-order valence-electron chi connectivity index (χ1n) is 9.36. The van der Waals surface area contributed by atoms with Crippen molar-refractivity contribution in [3.63, 3.8) is 0 Å². The minimum Gasteiger partial charge on any atom is -0.355 e. The molecule has 2 rings (SSSR count). The van der Waals surface area contributed by atoms with Crippen molar-refractivity contribution < 1.29 is 14.5 Å². The number of likely N-dealkylation sites (N-methyl/N-ethyl adjacent to an activating group) is 1. The van der Waals surface area contributed by atoms with E-state index in [2.05, 4.69) is 17.6 Å². The molecule has 0 bridgehead atoms. The number of amides is 2. The Balaban J connectivity index is 1.89. The van der Waals surface area contributed by atoms with E-state index in [-0.39, 0.29) is 17.9 Å². The maximum Gasteiger partial charge on any atom is 0.278 e. The first-order valence-corrected chi connectivity index (χ1v) is 9.36. The molecule has 0 saturated heterocycles. The van der Waals surface area contributed by atoms with E-state index < -0.39 is 0 Å². The molecule has 0 radical (unpaired) electrons. The van der Waals surface area contributed by atoms with E-state index in [9.17, 15) is 9.59 Å². The second-order valence-corrected chi connectivity index (χ2v) is 7.40. The van der Waals surface area contributed by atoms with Crippen molar-refractivity contribution in [2.45, 2.75) is 58.2 Å². The molecule has 5 nitrogen and oxygen atoms in total. The molecule has 2 amide bonds. The standard InChI is InChI=1S/C20H31N3O2/c1-14-7-5-6-8-18(14)22-19(24)15(2)23(4)13-16-9-11-17(12-10-16)20(25)21-3/h9-12,14-15,18H,5-8,13H2,1-4H3,(H,21,25)(H,22,24)/p+1/t14-,15-,18-/m1/s1. The zero-order valence-corrected chi connectivity index (χ0v) is 15.9. The molecule has 0 heterocycles. The molecule has 0 aromatic heterocycles. The van der Waals surface area contributed by atoms with Crippen molar-refractivity contribution in [1.82, 2.24) is 10.6 Å². The van der Waals surface area contributed by atoms with Gasteiger partial charge in [0, 0.05) is 24.2 Å². The van der Waals surface area contributed by atoms with Crippen LogP contribution in [0.2, 0.25) is 0 Å². The summed E-state index contributed by atoms with van der Waals surface area (Å²) in [7, 11) is 3.67. The SMILES string of the molecule is CNC(=O)c1ccc(C[NH+](C)[C@H](C)C(=O)N[C@@H]2CCCC[C@H]2C)cc1. The molecule has 138 valence electrons. The number of carbonyl (C=O) groups is 2. The summed E-state index contributed by atoms with van der Waals surface area (Å²) in [6.45, 7) is 4.97. The Bertz CT molecular complexity index is 585. The van der Waals surface area contributed by atoms with Gasteiger partial charge in [0.1, 0.15) is 6.54 Å².